The second-order valence-electron chi connectivity index (χ2n) is 5.07. The number of sulfonamides is 1. The summed E-state index contributed by atoms with van der Waals surface area (Å²) in [5.41, 5.74) is 4.39. The van der Waals surface area contributed by atoms with Crippen LogP contribution in [-0.2, 0) is 10.0 Å². The molecule has 1 aliphatic rings. The van der Waals surface area contributed by atoms with Crippen molar-refractivity contribution in [3.63, 3.8) is 0 Å². The van der Waals surface area contributed by atoms with Gasteiger partial charge in [0.2, 0.25) is 10.0 Å². The first kappa shape index (κ1) is 16.1. The fourth-order valence-corrected chi connectivity index (χ4v) is 3.51. The number of hydrogen-bond donors (Lipinski definition) is 2. The van der Waals surface area contributed by atoms with Crippen molar-refractivity contribution < 1.29 is 17.2 Å². The van der Waals surface area contributed by atoms with Crippen LogP contribution in [0.2, 0.25) is 0 Å². The molecule has 0 radical (unpaired) electrons. The van der Waals surface area contributed by atoms with E-state index in [0.29, 0.717) is 6.42 Å². The summed E-state index contributed by atoms with van der Waals surface area (Å²) in [6, 6.07) is 1.72. The molecule has 0 saturated carbocycles. The number of benzene rings is 1. The summed E-state index contributed by atoms with van der Waals surface area (Å²) < 4.78 is 53.0. The topological polar surface area (TPSA) is 75.4 Å². The van der Waals surface area contributed by atoms with Crippen molar-refractivity contribution in [2.24, 2.45) is 0 Å². The predicted molar refractivity (Wildman–Crippen MR) is 76.2 cm³/mol. The summed E-state index contributed by atoms with van der Waals surface area (Å²) in [7, 11) is -4.02. The third kappa shape index (κ3) is 3.90. The summed E-state index contributed by atoms with van der Waals surface area (Å²) in [5, 5.41) is 0. The van der Waals surface area contributed by atoms with Gasteiger partial charge < -0.3 is 10.6 Å². The average Bonchev–Trinajstić information content (AvgIpc) is 2.94. The molecule has 2 rings (SSSR count). The molecule has 3 N–H and O–H groups in total. The van der Waals surface area contributed by atoms with Gasteiger partial charge >= 0.3 is 0 Å². The molecule has 8 heteroatoms. The monoisotopic (exact) mass is 319 g/mol. The third-order valence-corrected chi connectivity index (χ3v) is 5.00. The van der Waals surface area contributed by atoms with Crippen molar-refractivity contribution in [2.45, 2.75) is 24.2 Å². The van der Waals surface area contributed by atoms with Crippen LogP contribution in [0.25, 0.3) is 0 Å². The lowest BCUT2D eigenvalue weighted by Crippen LogP contribution is -2.29. The summed E-state index contributed by atoms with van der Waals surface area (Å²) in [5.74, 6) is -2.22. The number of nitrogens with zero attached hydrogens (tertiary/aromatic N) is 1. The number of nitrogens with two attached hydrogens (primary N) is 1. The van der Waals surface area contributed by atoms with Gasteiger partial charge in [0.15, 0.2) is 5.82 Å². The van der Waals surface area contributed by atoms with E-state index in [1.54, 1.807) is 0 Å². The molecule has 0 atom stereocenters. The molecule has 1 aromatic rings. The fraction of sp³-hybridized carbons (Fsp3) is 0.538. The van der Waals surface area contributed by atoms with Gasteiger partial charge in [-0.3, -0.25) is 0 Å². The Bertz CT molecular complexity index is 602. The molecule has 1 fully saturated rings. The Morgan fingerprint density at radius 1 is 1.24 bits per heavy atom. The van der Waals surface area contributed by atoms with Crippen LogP contribution in [0.1, 0.15) is 19.3 Å². The molecule has 0 aromatic heterocycles. The average molecular weight is 319 g/mol. The van der Waals surface area contributed by atoms with Gasteiger partial charge in [0.25, 0.3) is 0 Å². The highest BCUT2D eigenvalue weighted by Gasteiger charge is 2.22. The molecule has 0 spiro atoms. The summed E-state index contributed by atoms with van der Waals surface area (Å²) in [6.07, 6.45) is 2.98. The van der Waals surface area contributed by atoms with E-state index in [1.807, 2.05) is 0 Å². The molecule has 1 aromatic carbocycles. The Kier molecular flexibility index (Phi) is 5.13. The first-order valence-corrected chi connectivity index (χ1v) is 8.35. The molecule has 0 bridgehead atoms. The number of rotatable bonds is 6. The van der Waals surface area contributed by atoms with E-state index in [2.05, 4.69) is 9.62 Å². The van der Waals surface area contributed by atoms with Crippen molar-refractivity contribution in [3.8, 4) is 0 Å². The Morgan fingerprint density at radius 2 is 1.90 bits per heavy atom. The van der Waals surface area contributed by atoms with Crippen LogP contribution in [-0.4, -0.2) is 39.5 Å². The van der Waals surface area contributed by atoms with E-state index < -0.39 is 32.2 Å². The Balaban J connectivity index is 1.93. The summed E-state index contributed by atoms with van der Waals surface area (Å²) in [6.45, 7) is 3.08. The lowest BCUT2D eigenvalue weighted by atomic mass is 10.3. The van der Waals surface area contributed by atoms with Crippen molar-refractivity contribution >= 4 is 15.7 Å². The second-order valence-corrected chi connectivity index (χ2v) is 6.81. The first-order valence-electron chi connectivity index (χ1n) is 6.87. The fourth-order valence-electron chi connectivity index (χ4n) is 2.35. The second kappa shape index (κ2) is 6.67. The van der Waals surface area contributed by atoms with Crippen LogP contribution >= 0.6 is 0 Å². The van der Waals surface area contributed by atoms with Gasteiger partial charge in [0.1, 0.15) is 16.4 Å². The number of likely N-dealkylation sites (tertiary alicyclic amines) is 1. The zero-order chi connectivity index (χ0) is 15.5. The number of hydrogen-bond acceptors (Lipinski definition) is 4. The molecule has 21 heavy (non-hydrogen) atoms. The Labute approximate surface area is 123 Å². The number of anilines is 1. The minimum absolute atomic E-state index is 0.204. The minimum atomic E-state index is -4.02. The predicted octanol–water partition coefficient (Wildman–Crippen LogP) is 1.31. The van der Waals surface area contributed by atoms with E-state index >= 15 is 0 Å². The van der Waals surface area contributed by atoms with E-state index in [-0.39, 0.29) is 6.54 Å². The van der Waals surface area contributed by atoms with E-state index in [9.17, 15) is 17.2 Å². The Morgan fingerprint density at radius 3 is 2.57 bits per heavy atom. The molecular weight excluding hydrogens is 300 g/mol. The zero-order valence-electron chi connectivity index (χ0n) is 11.6. The molecule has 0 unspecified atom stereocenters. The normalized spacial score (nSPS) is 16.5. The maximum Gasteiger partial charge on any atom is 0.243 e. The van der Waals surface area contributed by atoms with Gasteiger partial charge in [-0.15, -0.1) is 0 Å². The first-order chi connectivity index (χ1) is 9.92. The standard InChI is InChI=1S/C13H19F2N3O2S/c14-10-4-5-11(12(15)13(10)16)21(19,20)17-6-3-9-18-7-1-2-8-18/h4-5,17H,1-3,6-9,16H2. The summed E-state index contributed by atoms with van der Waals surface area (Å²) >= 11 is 0. The maximum atomic E-state index is 13.7. The smallest absolute Gasteiger partial charge is 0.243 e. The Hall–Kier alpha value is -1.25. The van der Waals surface area contributed by atoms with Crippen LogP contribution < -0.4 is 10.5 Å². The van der Waals surface area contributed by atoms with Crippen LogP contribution in [0.5, 0.6) is 0 Å². The minimum Gasteiger partial charge on any atom is -0.394 e. The lowest BCUT2D eigenvalue weighted by Gasteiger charge is -2.14. The van der Waals surface area contributed by atoms with Gasteiger partial charge in [-0.2, -0.15) is 0 Å². The van der Waals surface area contributed by atoms with E-state index in [4.69, 9.17) is 5.73 Å². The van der Waals surface area contributed by atoms with Crippen molar-refractivity contribution in [1.82, 2.24) is 9.62 Å². The van der Waals surface area contributed by atoms with Gasteiger partial charge in [0.05, 0.1) is 0 Å². The zero-order valence-corrected chi connectivity index (χ0v) is 12.4. The third-order valence-electron chi connectivity index (χ3n) is 3.52. The highest BCUT2D eigenvalue weighted by molar-refractivity contribution is 7.89. The van der Waals surface area contributed by atoms with Crippen molar-refractivity contribution in [3.05, 3.63) is 23.8 Å². The molecule has 0 aliphatic carbocycles. The van der Waals surface area contributed by atoms with Gasteiger partial charge in [-0.25, -0.2) is 21.9 Å². The molecule has 1 saturated heterocycles. The largest absolute Gasteiger partial charge is 0.394 e. The van der Waals surface area contributed by atoms with Crippen LogP contribution in [0, 0.1) is 11.6 Å². The SMILES string of the molecule is Nc1c(F)ccc(S(=O)(=O)NCCCN2CCCC2)c1F. The number of halogens is 2. The lowest BCUT2D eigenvalue weighted by molar-refractivity contribution is 0.334. The van der Waals surface area contributed by atoms with Crippen LogP contribution in [0.4, 0.5) is 14.5 Å². The molecule has 118 valence electrons. The van der Waals surface area contributed by atoms with Crippen molar-refractivity contribution in [1.29, 1.82) is 0 Å². The highest BCUT2D eigenvalue weighted by atomic mass is 32.2. The molecule has 1 heterocycles. The molecule has 0 amide bonds. The molecule has 1 aliphatic heterocycles. The van der Waals surface area contributed by atoms with Crippen molar-refractivity contribution in [2.75, 3.05) is 31.9 Å². The highest BCUT2D eigenvalue weighted by Crippen LogP contribution is 2.22. The van der Waals surface area contributed by atoms with E-state index in [0.717, 1.165) is 31.8 Å². The van der Waals surface area contributed by atoms with Crippen LogP contribution in [0.15, 0.2) is 17.0 Å². The maximum absolute atomic E-state index is 13.7. The van der Waals surface area contributed by atoms with Gasteiger partial charge in [-0.1, -0.05) is 0 Å². The number of nitrogens with one attached hydrogen (secondary N) is 1. The van der Waals surface area contributed by atoms with Gasteiger partial charge in [0, 0.05) is 6.54 Å². The quantitative estimate of drug-likeness (QED) is 0.612. The van der Waals surface area contributed by atoms with Gasteiger partial charge in [-0.05, 0) is 51.0 Å². The molecule has 5 nitrogen and oxygen atoms in total. The molecular formula is C13H19F2N3O2S. The summed E-state index contributed by atoms with van der Waals surface area (Å²) in [4.78, 5) is 1.63. The van der Waals surface area contributed by atoms with Crippen LogP contribution in [0.3, 0.4) is 0 Å². The number of nitrogen functional groups attached to an aromatic ring is 1. The van der Waals surface area contributed by atoms with E-state index in [1.165, 1.54) is 12.8 Å².